The van der Waals surface area contributed by atoms with Gasteiger partial charge in [0.05, 0.1) is 12.2 Å². The highest BCUT2D eigenvalue weighted by molar-refractivity contribution is 5.89. The number of esters is 1. The molecule has 0 saturated carbocycles. The molecule has 0 aromatic heterocycles. The molecule has 3 nitrogen and oxygen atoms in total. The molecule has 1 aromatic rings. The monoisotopic (exact) mass is 346 g/mol. The highest BCUT2D eigenvalue weighted by atomic mass is 16.5. The zero-order chi connectivity index (χ0) is 18.2. The van der Waals surface area contributed by atoms with Crippen LogP contribution in [-0.2, 0) is 4.74 Å². The lowest BCUT2D eigenvalue weighted by Crippen LogP contribution is -2.05. The van der Waals surface area contributed by atoms with Crippen molar-refractivity contribution in [3.63, 3.8) is 0 Å². The second-order valence-electron chi connectivity index (χ2n) is 6.56. The lowest BCUT2D eigenvalue weighted by atomic mass is 10.1. The van der Waals surface area contributed by atoms with Crippen molar-refractivity contribution >= 4 is 5.97 Å². The molecule has 1 rings (SSSR count). The van der Waals surface area contributed by atoms with Gasteiger partial charge in [-0.05, 0) is 49.9 Å². The SMILES string of the molecule is CCCCCCCCCC/C=C/CCCOC(=O)c1ccc(O)cc1. The van der Waals surface area contributed by atoms with E-state index >= 15 is 0 Å². The molecule has 0 saturated heterocycles. The van der Waals surface area contributed by atoms with Crippen LogP contribution in [0.25, 0.3) is 0 Å². The van der Waals surface area contributed by atoms with E-state index in [9.17, 15) is 9.90 Å². The number of ether oxygens (including phenoxy) is 1. The van der Waals surface area contributed by atoms with Crippen LogP contribution in [-0.4, -0.2) is 17.7 Å². The fourth-order valence-electron chi connectivity index (χ4n) is 2.68. The van der Waals surface area contributed by atoms with Gasteiger partial charge in [0.15, 0.2) is 0 Å². The molecule has 25 heavy (non-hydrogen) atoms. The van der Waals surface area contributed by atoms with E-state index in [0.29, 0.717) is 12.2 Å². The molecule has 0 aliphatic heterocycles. The molecule has 1 N–H and O–H groups in total. The number of allylic oxidation sites excluding steroid dienone is 2. The summed E-state index contributed by atoms with van der Waals surface area (Å²) in [6.07, 6.45) is 18.2. The molecule has 0 unspecified atom stereocenters. The van der Waals surface area contributed by atoms with Gasteiger partial charge in [-0.1, -0.05) is 64.0 Å². The molecule has 0 fully saturated rings. The van der Waals surface area contributed by atoms with Crippen molar-refractivity contribution in [2.45, 2.75) is 77.6 Å². The number of unbranched alkanes of at least 4 members (excludes halogenated alkanes) is 9. The molecular formula is C22H34O3. The molecule has 0 aliphatic carbocycles. The van der Waals surface area contributed by atoms with Crippen molar-refractivity contribution in [2.24, 2.45) is 0 Å². The van der Waals surface area contributed by atoms with Gasteiger partial charge in [0.2, 0.25) is 0 Å². The average Bonchev–Trinajstić information content (AvgIpc) is 2.62. The number of carbonyl (C=O) groups excluding carboxylic acids is 1. The molecule has 0 atom stereocenters. The van der Waals surface area contributed by atoms with Gasteiger partial charge in [0, 0.05) is 0 Å². The molecule has 1 aromatic carbocycles. The second-order valence-corrected chi connectivity index (χ2v) is 6.56. The Morgan fingerprint density at radius 3 is 2.08 bits per heavy atom. The second kappa shape index (κ2) is 14.6. The van der Waals surface area contributed by atoms with Gasteiger partial charge in [0.1, 0.15) is 5.75 Å². The standard InChI is InChI=1S/C22H34O3/c1-2-3-4-5-6-7-8-9-10-11-12-13-14-19-25-22(24)20-15-17-21(23)18-16-20/h11-12,15-18,23H,2-10,13-14,19H2,1H3/b12-11+. The normalized spacial score (nSPS) is 11.1. The van der Waals surface area contributed by atoms with E-state index in [4.69, 9.17) is 4.74 Å². The zero-order valence-electron chi connectivity index (χ0n) is 15.7. The summed E-state index contributed by atoms with van der Waals surface area (Å²) in [5.41, 5.74) is 0.475. The Balaban J connectivity index is 1.91. The first-order chi connectivity index (χ1) is 12.2. The fourth-order valence-corrected chi connectivity index (χ4v) is 2.68. The molecule has 0 aliphatic rings. The van der Waals surface area contributed by atoms with E-state index in [0.717, 1.165) is 19.3 Å². The van der Waals surface area contributed by atoms with Crippen molar-refractivity contribution in [1.29, 1.82) is 0 Å². The van der Waals surface area contributed by atoms with Crippen LogP contribution in [0.3, 0.4) is 0 Å². The Morgan fingerprint density at radius 1 is 0.880 bits per heavy atom. The Kier molecular flexibility index (Phi) is 12.4. The van der Waals surface area contributed by atoms with Crippen molar-refractivity contribution in [3.8, 4) is 5.75 Å². The van der Waals surface area contributed by atoms with Crippen molar-refractivity contribution in [1.82, 2.24) is 0 Å². The number of rotatable bonds is 14. The highest BCUT2D eigenvalue weighted by Gasteiger charge is 2.05. The summed E-state index contributed by atoms with van der Waals surface area (Å²) in [5, 5.41) is 9.19. The average molecular weight is 347 g/mol. The van der Waals surface area contributed by atoms with Gasteiger partial charge >= 0.3 is 5.97 Å². The summed E-state index contributed by atoms with van der Waals surface area (Å²) in [6, 6.07) is 6.12. The molecule has 0 radical (unpaired) electrons. The van der Waals surface area contributed by atoms with Crippen LogP contribution in [0, 0.1) is 0 Å². The third-order valence-electron chi connectivity index (χ3n) is 4.24. The Morgan fingerprint density at radius 2 is 1.44 bits per heavy atom. The number of phenolic OH excluding ortho intramolecular Hbond substituents is 1. The largest absolute Gasteiger partial charge is 0.508 e. The lowest BCUT2D eigenvalue weighted by Gasteiger charge is -2.03. The maximum Gasteiger partial charge on any atom is 0.338 e. The van der Waals surface area contributed by atoms with Crippen LogP contribution in [0.2, 0.25) is 0 Å². The molecule has 140 valence electrons. The number of phenols is 1. The van der Waals surface area contributed by atoms with Crippen LogP contribution < -0.4 is 0 Å². The van der Waals surface area contributed by atoms with Crippen LogP contribution in [0.4, 0.5) is 0 Å². The predicted octanol–water partition coefficient (Wildman–Crippen LogP) is 6.42. The summed E-state index contributed by atoms with van der Waals surface area (Å²) in [5.74, 6) is -0.180. The van der Waals surface area contributed by atoms with Crippen molar-refractivity contribution in [2.75, 3.05) is 6.61 Å². The Labute approximate surface area is 153 Å². The van der Waals surface area contributed by atoms with Gasteiger partial charge in [-0.2, -0.15) is 0 Å². The topological polar surface area (TPSA) is 46.5 Å². The molecule has 0 heterocycles. The molecule has 0 spiro atoms. The van der Waals surface area contributed by atoms with E-state index in [2.05, 4.69) is 19.1 Å². The fraction of sp³-hybridized carbons (Fsp3) is 0.591. The van der Waals surface area contributed by atoms with Crippen LogP contribution in [0.5, 0.6) is 5.75 Å². The minimum absolute atomic E-state index is 0.151. The summed E-state index contributed by atoms with van der Waals surface area (Å²) in [4.78, 5) is 11.8. The Bertz CT molecular complexity index is 477. The number of aromatic hydroxyl groups is 1. The third-order valence-corrected chi connectivity index (χ3v) is 4.24. The minimum Gasteiger partial charge on any atom is -0.508 e. The predicted molar refractivity (Wildman–Crippen MR) is 104 cm³/mol. The number of hydrogen-bond donors (Lipinski definition) is 1. The van der Waals surface area contributed by atoms with Crippen LogP contribution >= 0.6 is 0 Å². The van der Waals surface area contributed by atoms with E-state index < -0.39 is 0 Å². The van der Waals surface area contributed by atoms with Crippen molar-refractivity contribution in [3.05, 3.63) is 42.0 Å². The zero-order valence-corrected chi connectivity index (χ0v) is 15.7. The first-order valence-corrected chi connectivity index (χ1v) is 9.85. The lowest BCUT2D eigenvalue weighted by molar-refractivity contribution is 0.0501. The summed E-state index contributed by atoms with van der Waals surface area (Å²) in [6.45, 7) is 2.69. The molecular weight excluding hydrogens is 312 g/mol. The minimum atomic E-state index is -0.331. The van der Waals surface area contributed by atoms with Gasteiger partial charge in [-0.3, -0.25) is 0 Å². The third kappa shape index (κ3) is 11.4. The van der Waals surface area contributed by atoms with Crippen molar-refractivity contribution < 1.29 is 14.6 Å². The van der Waals surface area contributed by atoms with Crippen LogP contribution in [0.1, 0.15) is 87.9 Å². The highest BCUT2D eigenvalue weighted by Crippen LogP contribution is 2.11. The maximum absolute atomic E-state index is 11.8. The van der Waals surface area contributed by atoms with Gasteiger partial charge < -0.3 is 9.84 Å². The first kappa shape index (κ1) is 21.3. The molecule has 0 amide bonds. The van der Waals surface area contributed by atoms with E-state index in [1.165, 1.54) is 63.5 Å². The smallest absolute Gasteiger partial charge is 0.338 e. The van der Waals surface area contributed by atoms with Crippen LogP contribution in [0.15, 0.2) is 36.4 Å². The van der Waals surface area contributed by atoms with E-state index in [1.807, 2.05) is 0 Å². The van der Waals surface area contributed by atoms with E-state index in [-0.39, 0.29) is 11.7 Å². The summed E-state index contributed by atoms with van der Waals surface area (Å²) < 4.78 is 5.21. The quantitative estimate of drug-likeness (QED) is 0.240. The molecule has 0 bridgehead atoms. The Hall–Kier alpha value is -1.77. The summed E-state index contributed by atoms with van der Waals surface area (Å²) in [7, 11) is 0. The number of hydrogen-bond acceptors (Lipinski definition) is 3. The van der Waals surface area contributed by atoms with Gasteiger partial charge in [-0.15, -0.1) is 0 Å². The van der Waals surface area contributed by atoms with E-state index in [1.54, 1.807) is 12.1 Å². The first-order valence-electron chi connectivity index (χ1n) is 9.85. The summed E-state index contributed by atoms with van der Waals surface area (Å²) >= 11 is 0. The molecule has 3 heteroatoms. The van der Waals surface area contributed by atoms with Gasteiger partial charge in [-0.25, -0.2) is 4.79 Å². The van der Waals surface area contributed by atoms with Gasteiger partial charge in [0.25, 0.3) is 0 Å². The number of carbonyl (C=O) groups is 1. The number of benzene rings is 1. The maximum atomic E-state index is 11.8.